The molecule has 1 saturated heterocycles. The molecule has 1 aliphatic heterocycles. The summed E-state index contributed by atoms with van der Waals surface area (Å²) in [7, 11) is 0. The first-order valence-electron chi connectivity index (χ1n) is 11.7. The third-order valence-corrected chi connectivity index (χ3v) is 6.46. The van der Waals surface area contributed by atoms with Crippen molar-refractivity contribution in [1.29, 1.82) is 0 Å². The van der Waals surface area contributed by atoms with E-state index in [0.717, 1.165) is 32.0 Å². The molecular weight excluding hydrogens is 455 g/mol. The summed E-state index contributed by atoms with van der Waals surface area (Å²) in [6, 6.07) is 20.6. The molecule has 0 saturated carbocycles. The SMILES string of the molecule is O=C(O)CCN1CCC(c2ccc(OCc3ccc(-c4ccccc4)c(C(F)(F)F)c3)cc2)CC1. The van der Waals surface area contributed by atoms with E-state index in [1.807, 2.05) is 24.3 Å². The van der Waals surface area contributed by atoms with E-state index in [1.54, 1.807) is 36.4 Å². The van der Waals surface area contributed by atoms with Gasteiger partial charge in [-0.3, -0.25) is 4.79 Å². The summed E-state index contributed by atoms with van der Waals surface area (Å²) in [6.07, 6.45) is -2.37. The van der Waals surface area contributed by atoms with Crippen LogP contribution >= 0.6 is 0 Å². The minimum absolute atomic E-state index is 0.0411. The number of carboxylic acid groups (broad SMARTS) is 1. The minimum Gasteiger partial charge on any atom is -0.489 e. The van der Waals surface area contributed by atoms with Crippen LogP contribution in [0.5, 0.6) is 5.75 Å². The molecule has 0 amide bonds. The predicted molar refractivity (Wildman–Crippen MR) is 128 cm³/mol. The topological polar surface area (TPSA) is 49.8 Å². The number of aliphatic carboxylic acids is 1. The van der Waals surface area contributed by atoms with Gasteiger partial charge in [0.1, 0.15) is 12.4 Å². The van der Waals surface area contributed by atoms with Crippen molar-refractivity contribution in [3.63, 3.8) is 0 Å². The van der Waals surface area contributed by atoms with E-state index >= 15 is 0 Å². The van der Waals surface area contributed by atoms with Gasteiger partial charge in [0.05, 0.1) is 12.0 Å². The second-order valence-electron chi connectivity index (χ2n) is 8.86. The molecule has 0 bridgehead atoms. The van der Waals surface area contributed by atoms with E-state index in [-0.39, 0.29) is 18.6 Å². The number of hydrogen-bond acceptors (Lipinski definition) is 3. The smallest absolute Gasteiger partial charge is 0.417 e. The first-order valence-corrected chi connectivity index (χ1v) is 11.7. The van der Waals surface area contributed by atoms with Gasteiger partial charge in [-0.2, -0.15) is 13.2 Å². The fourth-order valence-corrected chi connectivity index (χ4v) is 4.53. The molecule has 7 heteroatoms. The maximum absolute atomic E-state index is 13.7. The molecule has 1 N–H and O–H groups in total. The Labute approximate surface area is 203 Å². The highest BCUT2D eigenvalue weighted by molar-refractivity contribution is 5.68. The monoisotopic (exact) mass is 483 g/mol. The van der Waals surface area contributed by atoms with Crippen molar-refractivity contribution in [1.82, 2.24) is 4.90 Å². The molecule has 3 aromatic rings. The summed E-state index contributed by atoms with van der Waals surface area (Å²) in [5.74, 6) is 0.239. The van der Waals surface area contributed by atoms with Crippen molar-refractivity contribution in [3.05, 3.63) is 89.5 Å². The lowest BCUT2D eigenvalue weighted by atomic mass is 9.89. The lowest BCUT2D eigenvalue weighted by Gasteiger charge is -2.31. The molecule has 1 aliphatic rings. The average molecular weight is 484 g/mol. The summed E-state index contributed by atoms with van der Waals surface area (Å²) in [5.41, 5.74) is 1.65. The Morgan fingerprint density at radius 2 is 1.66 bits per heavy atom. The van der Waals surface area contributed by atoms with Gasteiger partial charge in [0.25, 0.3) is 0 Å². The number of ether oxygens (including phenoxy) is 1. The number of alkyl halides is 3. The van der Waals surface area contributed by atoms with E-state index in [0.29, 0.717) is 29.3 Å². The maximum atomic E-state index is 13.7. The van der Waals surface area contributed by atoms with E-state index < -0.39 is 17.7 Å². The molecule has 0 aromatic heterocycles. The Kier molecular flexibility index (Phi) is 7.76. The fraction of sp³-hybridized carbons (Fsp3) is 0.321. The van der Waals surface area contributed by atoms with Crippen molar-refractivity contribution >= 4 is 5.97 Å². The highest BCUT2D eigenvalue weighted by Gasteiger charge is 2.34. The second kappa shape index (κ2) is 11.0. The molecule has 1 fully saturated rings. The lowest BCUT2D eigenvalue weighted by molar-refractivity contribution is -0.138. The summed E-state index contributed by atoms with van der Waals surface area (Å²) in [6.45, 7) is 2.37. The fourth-order valence-electron chi connectivity index (χ4n) is 4.53. The zero-order valence-electron chi connectivity index (χ0n) is 19.3. The highest BCUT2D eigenvalue weighted by atomic mass is 19.4. The van der Waals surface area contributed by atoms with Crippen LogP contribution in [0.25, 0.3) is 11.1 Å². The Bertz CT molecular complexity index is 1120. The average Bonchev–Trinajstić information content (AvgIpc) is 2.87. The number of benzene rings is 3. The van der Waals surface area contributed by atoms with Gasteiger partial charge in [0.15, 0.2) is 0 Å². The number of nitrogens with zero attached hydrogens (tertiary/aromatic N) is 1. The van der Waals surface area contributed by atoms with Crippen molar-refractivity contribution in [2.24, 2.45) is 0 Å². The zero-order valence-corrected chi connectivity index (χ0v) is 19.3. The number of hydrogen-bond donors (Lipinski definition) is 1. The molecule has 0 radical (unpaired) electrons. The highest BCUT2D eigenvalue weighted by Crippen LogP contribution is 2.38. The molecule has 0 aliphatic carbocycles. The van der Waals surface area contributed by atoms with Crippen molar-refractivity contribution in [2.75, 3.05) is 19.6 Å². The Morgan fingerprint density at radius 3 is 2.29 bits per heavy atom. The van der Waals surface area contributed by atoms with Crippen LogP contribution in [-0.4, -0.2) is 35.6 Å². The van der Waals surface area contributed by atoms with Crippen LogP contribution in [0, 0.1) is 0 Å². The molecule has 4 nitrogen and oxygen atoms in total. The van der Waals surface area contributed by atoms with E-state index in [9.17, 15) is 18.0 Å². The van der Waals surface area contributed by atoms with E-state index in [1.165, 1.54) is 11.6 Å². The van der Waals surface area contributed by atoms with Crippen molar-refractivity contribution < 1.29 is 27.8 Å². The Balaban J connectivity index is 1.37. The molecular formula is C28H28F3NO3. The normalized spacial score (nSPS) is 15.2. The van der Waals surface area contributed by atoms with Crippen LogP contribution in [0.4, 0.5) is 13.2 Å². The molecule has 35 heavy (non-hydrogen) atoms. The molecule has 0 unspecified atom stereocenters. The van der Waals surface area contributed by atoms with Crippen LogP contribution in [0.1, 0.15) is 41.9 Å². The number of halogens is 3. The van der Waals surface area contributed by atoms with Crippen molar-refractivity contribution in [3.8, 4) is 16.9 Å². The van der Waals surface area contributed by atoms with E-state index in [4.69, 9.17) is 9.84 Å². The third kappa shape index (κ3) is 6.63. The molecule has 1 heterocycles. The predicted octanol–water partition coefficient (Wildman–Crippen LogP) is 6.61. The van der Waals surface area contributed by atoms with Gasteiger partial charge in [0.2, 0.25) is 0 Å². The third-order valence-electron chi connectivity index (χ3n) is 6.46. The van der Waals surface area contributed by atoms with Crippen LogP contribution in [0.2, 0.25) is 0 Å². The van der Waals surface area contributed by atoms with Gasteiger partial charge >= 0.3 is 12.1 Å². The molecule has 4 rings (SSSR count). The number of likely N-dealkylation sites (tertiary alicyclic amines) is 1. The standard InChI is InChI=1S/C28H28F3NO3/c29-28(30,31)26-18-20(6-11-25(26)23-4-2-1-3-5-23)19-35-24-9-7-21(8-10-24)22-12-15-32(16-13-22)17-14-27(33)34/h1-11,18,22H,12-17,19H2,(H,33,34). The van der Waals surface area contributed by atoms with Crippen LogP contribution in [-0.2, 0) is 17.6 Å². The number of piperidine rings is 1. The van der Waals surface area contributed by atoms with Crippen molar-refractivity contribution in [2.45, 2.75) is 38.0 Å². The summed E-state index contributed by atoms with van der Waals surface area (Å²) >= 11 is 0. The van der Waals surface area contributed by atoms with Gasteiger partial charge < -0.3 is 14.7 Å². The summed E-state index contributed by atoms with van der Waals surface area (Å²) < 4.78 is 47.0. The van der Waals surface area contributed by atoms with Crippen LogP contribution in [0.15, 0.2) is 72.8 Å². The van der Waals surface area contributed by atoms with Gasteiger partial charge in [-0.05, 0) is 72.3 Å². The summed E-state index contributed by atoms with van der Waals surface area (Å²) in [5, 5.41) is 8.84. The Morgan fingerprint density at radius 1 is 0.971 bits per heavy atom. The minimum atomic E-state index is -4.47. The van der Waals surface area contributed by atoms with Gasteiger partial charge in [-0.25, -0.2) is 0 Å². The van der Waals surface area contributed by atoms with Crippen LogP contribution in [0.3, 0.4) is 0 Å². The zero-order chi connectivity index (χ0) is 24.8. The second-order valence-corrected chi connectivity index (χ2v) is 8.86. The first kappa shape index (κ1) is 24.8. The lowest BCUT2D eigenvalue weighted by Crippen LogP contribution is -2.34. The summed E-state index contributed by atoms with van der Waals surface area (Å²) in [4.78, 5) is 12.9. The van der Waals surface area contributed by atoms with Gasteiger partial charge in [-0.1, -0.05) is 54.6 Å². The van der Waals surface area contributed by atoms with Gasteiger partial charge in [0, 0.05) is 6.54 Å². The number of carboxylic acids is 1. The number of rotatable bonds is 8. The van der Waals surface area contributed by atoms with E-state index in [2.05, 4.69) is 4.90 Å². The van der Waals surface area contributed by atoms with Gasteiger partial charge in [-0.15, -0.1) is 0 Å². The first-order chi connectivity index (χ1) is 16.8. The largest absolute Gasteiger partial charge is 0.489 e. The molecule has 0 spiro atoms. The molecule has 0 atom stereocenters. The quantitative estimate of drug-likeness (QED) is 0.392. The molecule has 3 aromatic carbocycles. The molecule has 184 valence electrons. The maximum Gasteiger partial charge on any atom is 0.417 e. The number of carbonyl (C=O) groups is 1. The van der Waals surface area contributed by atoms with Crippen LogP contribution < -0.4 is 4.74 Å². The Hall–Kier alpha value is -3.32.